The first-order valence-electron chi connectivity index (χ1n) is 8.25. The van der Waals surface area contributed by atoms with Gasteiger partial charge in [-0.2, -0.15) is 0 Å². The van der Waals surface area contributed by atoms with Crippen LogP contribution in [0.4, 0.5) is 0 Å². The average molecular weight is 351 g/mol. The molecular weight excluding hydrogens is 330 g/mol. The average Bonchev–Trinajstić information content (AvgIpc) is 3.00. The van der Waals surface area contributed by atoms with Gasteiger partial charge in [-0.3, -0.25) is 9.36 Å². The van der Waals surface area contributed by atoms with Gasteiger partial charge in [0.15, 0.2) is 0 Å². The highest BCUT2D eigenvalue weighted by atomic mass is 16.5. The predicted octanol–water partition coefficient (Wildman–Crippen LogP) is 2.75. The lowest BCUT2D eigenvalue weighted by molar-refractivity contribution is 0.0785. The SMILES string of the molecule is COc1ccc(CN(C)C(=O)c2ccc(-n3c(C)c[nH]c3=O)cc2)cc1. The summed E-state index contributed by atoms with van der Waals surface area (Å²) >= 11 is 0. The Balaban J connectivity index is 1.73. The minimum Gasteiger partial charge on any atom is -0.497 e. The molecule has 26 heavy (non-hydrogen) atoms. The number of methoxy groups -OCH3 is 1. The number of carbonyl (C=O) groups excluding carboxylic acids is 1. The molecule has 1 amide bonds. The number of H-pyrrole nitrogens is 1. The number of nitrogens with one attached hydrogen (secondary N) is 1. The Morgan fingerprint density at radius 3 is 2.31 bits per heavy atom. The Kier molecular flexibility index (Phi) is 4.93. The van der Waals surface area contributed by atoms with Gasteiger partial charge in [-0.05, 0) is 48.9 Å². The number of aromatic nitrogens is 2. The highest BCUT2D eigenvalue weighted by molar-refractivity contribution is 5.94. The van der Waals surface area contributed by atoms with Crippen LogP contribution in [0.2, 0.25) is 0 Å². The maximum absolute atomic E-state index is 12.6. The molecule has 134 valence electrons. The van der Waals surface area contributed by atoms with E-state index in [2.05, 4.69) is 4.98 Å². The number of imidazole rings is 1. The van der Waals surface area contributed by atoms with Gasteiger partial charge in [0.05, 0.1) is 12.8 Å². The molecule has 1 heterocycles. The second-order valence-corrected chi connectivity index (χ2v) is 6.13. The van der Waals surface area contributed by atoms with Crippen molar-refractivity contribution in [1.82, 2.24) is 14.5 Å². The zero-order valence-corrected chi connectivity index (χ0v) is 15.0. The van der Waals surface area contributed by atoms with Crippen LogP contribution in [0, 0.1) is 6.92 Å². The molecular formula is C20H21N3O3. The van der Waals surface area contributed by atoms with Crippen LogP contribution in [-0.4, -0.2) is 34.5 Å². The fourth-order valence-corrected chi connectivity index (χ4v) is 2.83. The molecule has 0 atom stereocenters. The third kappa shape index (κ3) is 3.54. The molecule has 6 heteroatoms. The summed E-state index contributed by atoms with van der Waals surface area (Å²) < 4.78 is 6.71. The van der Waals surface area contributed by atoms with Gasteiger partial charge in [-0.25, -0.2) is 4.79 Å². The van der Waals surface area contributed by atoms with Crippen molar-refractivity contribution in [2.75, 3.05) is 14.2 Å². The number of rotatable bonds is 5. The van der Waals surface area contributed by atoms with E-state index in [0.717, 1.165) is 22.7 Å². The topological polar surface area (TPSA) is 67.3 Å². The van der Waals surface area contributed by atoms with Crippen LogP contribution < -0.4 is 10.4 Å². The fraction of sp³-hybridized carbons (Fsp3) is 0.200. The number of aromatic amines is 1. The minimum atomic E-state index is -0.196. The zero-order chi connectivity index (χ0) is 18.7. The first-order chi connectivity index (χ1) is 12.5. The summed E-state index contributed by atoms with van der Waals surface area (Å²) in [6.07, 6.45) is 1.66. The van der Waals surface area contributed by atoms with Crippen LogP contribution in [0.5, 0.6) is 5.75 Å². The summed E-state index contributed by atoms with van der Waals surface area (Å²) in [5.41, 5.74) is 2.94. The van der Waals surface area contributed by atoms with Gasteiger partial charge in [-0.1, -0.05) is 12.1 Å². The number of ether oxygens (including phenoxy) is 1. The van der Waals surface area contributed by atoms with E-state index in [4.69, 9.17) is 4.74 Å². The Labute approximate surface area is 151 Å². The molecule has 0 aliphatic rings. The van der Waals surface area contributed by atoms with E-state index in [-0.39, 0.29) is 11.6 Å². The number of aryl methyl sites for hydroxylation is 1. The summed E-state index contributed by atoms with van der Waals surface area (Å²) in [5, 5.41) is 0. The third-order valence-corrected chi connectivity index (χ3v) is 4.26. The smallest absolute Gasteiger partial charge is 0.330 e. The lowest BCUT2D eigenvalue weighted by Gasteiger charge is -2.18. The molecule has 1 N–H and O–H groups in total. The molecule has 0 saturated heterocycles. The summed E-state index contributed by atoms with van der Waals surface area (Å²) in [6, 6.07) is 14.6. The molecule has 0 unspecified atom stereocenters. The fourth-order valence-electron chi connectivity index (χ4n) is 2.83. The van der Waals surface area contributed by atoms with Crippen molar-refractivity contribution < 1.29 is 9.53 Å². The highest BCUT2D eigenvalue weighted by Crippen LogP contribution is 2.15. The number of hydrogen-bond acceptors (Lipinski definition) is 3. The van der Waals surface area contributed by atoms with Gasteiger partial charge < -0.3 is 14.6 Å². The van der Waals surface area contributed by atoms with Gasteiger partial charge >= 0.3 is 5.69 Å². The monoisotopic (exact) mass is 351 g/mol. The maximum atomic E-state index is 12.6. The second-order valence-electron chi connectivity index (χ2n) is 6.13. The first kappa shape index (κ1) is 17.5. The summed E-state index contributed by atoms with van der Waals surface area (Å²) in [5.74, 6) is 0.708. The molecule has 3 rings (SSSR count). The van der Waals surface area contributed by atoms with E-state index >= 15 is 0 Å². The van der Waals surface area contributed by atoms with Gasteiger partial charge in [0.2, 0.25) is 0 Å². The predicted molar refractivity (Wildman–Crippen MR) is 99.9 cm³/mol. The minimum absolute atomic E-state index is 0.0782. The van der Waals surface area contributed by atoms with Gasteiger partial charge in [0.25, 0.3) is 5.91 Å². The molecule has 6 nitrogen and oxygen atoms in total. The van der Waals surface area contributed by atoms with Crippen LogP contribution in [0.1, 0.15) is 21.6 Å². The normalized spacial score (nSPS) is 10.6. The van der Waals surface area contributed by atoms with E-state index in [1.54, 1.807) is 54.1 Å². The van der Waals surface area contributed by atoms with Crippen LogP contribution in [0.15, 0.2) is 59.5 Å². The molecule has 1 aromatic heterocycles. The standard InChI is InChI=1S/C20H21N3O3/c1-14-12-21-20(25)23(14)17-8-6-16(7-9-17)19(24)22(2)13-15-4-10-18(26-3)11-5-15/h4-12H,13H2,1-3H3,(H,21,25). The first-order valence-corrected chi connectivity index (χ1v) is 8.25. The number of carbonyl (C=O) groups is 1. The van der Waals surface area contributed by atoms with E-state index in [1.807, 2.05) is 31.2 Å². The van der Waals surface area contributed by atoms with Crippen molar-refractivity contribution in [3.8, 4) is 11.4 Å². The third-order valence-electron chi connectivity index (χ3n) is 4.26. The molecule has 0 bridgehead atoms. The summed E-state index contributed by atoms with van der Waals surface area (Å²) in [7, 11) is 3.39. The van der Waals surface area contributed by atoms with Crippen LogP contribution >= 0.6 is 0 Å². The molecule has 0 saturated carbocycles. The summed E-state index contributed by atoms with van der Waals surface area (Å²) in [6.45, 7) is 2.35. The number of amides is 1. The molecule has 0 fully saturated rings. The van der Waals surface area contributed by atoms with Crippen molar-refractivity contribution in [3.63, 3.8) is 0 Å². The Morgan fingerprint density at radius 2 is 1.77 bits per heavy atom. The Morgan fingerprint density at radius 1 is 1.12 bits per heavy atom. The lowest BCUT2D eigenvalue weighted by atomic mass is 10.1. The van der Waals surface area contributed by atoms with Crippen LogP contribution in [0.25, 0.3) is 5.69 Å². The van der Waals surface area contributed by atoms with Crippen molar-refractivity contribution in [2.45, 2.75) is 13.5 Å². The van der Waals surface area contributed by atoms with E-state index in [0.29, 0.717) is 12.1 Å². The quantitative estimate of drug-likeness (QED) is 0.769. The van der Waals surface area contributed by atoms with E-state index in [1.165, 1.54) is 0 Å². The van der Waals surface area contributed by atoms with Gasteiger partial charge in [0, 0.05) is 31.0 Å². The Bertz CT molecular complexity index is 953. The Hall–Kier alpha value is -3.28. The maximum Gasteiger partial charge on any atom is 0.330 e. The number of benzene rings is 2. The van der Waals surface area contributed by atoms with Crippen molar-refractivity contribution >= 4 is 5.91 Å². The van der Waals surface area contributed by atoms with Gasteiger partial charge in [0.1, 0.15) is 5.75 Å². The zero-order valence-electron chi connectivity index (χ0n) is 15.0. The van der Waals surface area contributed by atoms with Crippen LogP contribution in [-0.2, 0) is 6.54 Å². The highest BCUT2D eigenvalue weighted by Gasteiger charge is 2.13. The molecule has 2 aromatic carbocycles. The second kappa shape index (κ2) is 7.31. The van der Waals surface area contributed by atoms with Crippen molar-refractivity contribution in [1.29, 1.82) is 0 Å². The van der Waals surface area contributed by atoms with E-state index in [9.17, 15) is 9.59 Å². The van der Waals surface area contributed by atoms with Crippen molar-refractivity contribution in [2.24, 2.45) is 0 Å². The number of nitrogens with zero attached hydrogens (tertiary/aromatic N) is 2. The molecule has 0 aliphatic carbocycles. The molecule has 0 spiro atoms. The number of hydrogen-bond donors (Lipinski definition) is 1. The van der Waals surface area contributed by atoms with Gasteiger partial charge in [-0.15, -0.1) is 0 Å². The molecule has 3 aromatic rings. The molecule has 0 radical (unpaired) electrons. The largest absolute Gasteiger partial charge is 0.497 e. The van der Waals surface area contributed by atoms with Crippen molar-refractivity contribution in [3.05, 3.63) is 82.0 Å². The molecule has 0 aliphatic heterocycles. The summed E-state index contributed by atoms with van der Waals surface area (Å²) in [4.78, 5) is 28.8. The van der Waals surface area contributed by atoms with E-state index < -0.39 is 0 Å². The lowest BCUT2D eigenvalue weighted by Crippen LogP contribution is -2.26. The van der Waals surface area contributed by atoms with Crippen LogP contribution in [0.3, 0.4) is 0 Å².